The molecule has 0 radical (unpaired) electrons. The molecule has 13 heavy (non-hydrogen) atoms. The molecule has 2 rings (SSSR count). The van der Waals surface area contributed by atoms with Gasteiger partial charge in [0.1, 0.15) is 0 Å². The molecule has 2 aliphatic heterocycles. The van der Waals surface area contributed by atoms with Crippen LogP contribution in [0.1, 0.15) is 19.3 Å². The van der Waals surface area contributed by atoms with Crippen LogP contribution in [-0.2, 0) is 4.79 Å². The molecule has 0 N–H and O–H groups in total. The van der Waals surface area contributed by atoms with Gasteiger partial charge < -0.3 is 4.90 Å². The number of nitrogens with zero attached hydrogens (tertiary/aromatic N) is 1. The summed E-state index contributed by atoms with van der Waals surface area (Å²) < 4.78 is 0. The lowest BCUT2D eigenvalue weighted by Crippen LogP contribution is -2.35. The van der Waals surface area contributed by atoms with Crippen LogP contribution in [0.4, 0.5) is 0 Å². The van der Waals surface area contributed by atoms with E-state index in [1.54, 1.807) is 0 Å². The van der Waals surface area contributed by atoms with Crippen LogP contribution in [-0.4, -0.2) is 39.7 Å². The average Bonchev–Trinajstić information content (AvgIpc) is 2.72. The molecular formula is C9H14BrNOS. The van der Waals surface area contributed by atoms with Gasteiger partial charge in [-0.05, 0) is 25.0 Å². The maximum absolute atomic E-state index is 11.9. The maximum atomic E-state index is 11.9. The van der Waals surface area contributed by atoms with Crippen LogP contribution in [0.25, 0.3) is 0 Å². The number of hydrogen-bond acceptors (Lipinski definition) is 2. The van der Waals surface area contributed by atoms with E-state index in [1.807, 2.05) is 16.7 Å². The van der Waals surface area contributed by atoms with Gasteiger partial charge in [0.15, 0.2) is 0 Å². The van der Waals surface area contributed by atoms with Crippen molar-refractivity contribution in [1.29, 1.82) is 0 Å². The highest BCUT2D eigenvalue weighted by Gasteiger charge is 2.31. The second-order valence-corrected chi connectivity index (χ2v) is 6.28. The second-order valence-electron chi connectivity index (χ2n) is 3.67. The molecular weight excluding hydrogens is 250 g/mol. The van der Waals surface area contributed by atoms with Crippen LogP contribution in [0.2, 0.25) is 0 Å². The largest absolute Gasteiger partial charge is 0.341 e. The number of thioether (sulfide) groups is 1. The van der Waals surface area contributed by atoms with Gasteiger partial charge in [0.25, 0.3) is 0 Å². The minimum atomic E-state index is 0.276. The molecule has 0 spiro atoms. The van der Waals surface area contributed by atoms with Gasteiger partial charge in [-0.1, -0.05) is 15.9 Å². The van der Waals surface area contributed by atoms with E-state index in [1.165, 1.54) is 12.2 Å². The molecule has 2 nitrogen and oxygen atoms in total. The van der Waals surface area contributed by atoms with E-state index >= 15 is 0 Å². The van der Waals surface area contributed by atoms with Crippen molar-refractivity contribution in [2.24, 2.45) is 0 Å². The highest BCUT2D eigenvalue weighted by Crippen LogP contribution is 2.29. The lowest BCUT2D eigenvalue weighted by atomic mass is 10.2. The highest BCUT2D eigenvalue weighted by atomic mass is 79.9. The first-order chi connectivity index (χ1) is 6.27. The zero-order chi connectivity index (χ0) is 9.26. The van der Waals surface area contributed by atoms with E-state index in [9.17, 15) is 4.79 Å². The Balaban J connectivity index is 1.89. The van der Waals surface area contributed by atoms with E-state index in [-0.39, 0.29) is 5.25 Å². The van der Waals surface area contributed by atoms with Crippen molar-refractivity contribution in [3.05, 3.63) is 0 Å². The number of carbonyl (C=O) groups is 1. The number of alkyl halides is 1. The molecule has 0 aromatic rings. The maximum Gasteiger partial charge on any atom is 0.235 e. The molecule has 2 unspecified atom stereocenters. The molecule has 1 amide bonds. The molecule has 74 valence electrons. The fourth-order valence-corrected chi connectivity index (χ4v) is 3.69. The summed E-state index contributed by atoms with van der Waals surface area (Å²) in [5, 5.41) is 0.276. The molecule has 2 aliphatic rings. The zero-order valence-corrected chi connectivity index (χ0v) is 9.94. The second kappa shape index (κ2) is 4.22. The Morgan fingerprint density at radius 1 is 1.46 bits per heavy atom. The fraction of sp³-hybridized carbons (Fsp3) is 0.889. The smallest absolute Gasteiger partial charge is 0.235 e. The van der Waals surface area contributed by atoms with Crippen molar-refractivity contribution >= 4 is 33.6 Å². The summed E-state index contributed by atoms with van der Waals surface area (Å²) in [5.74, 6) is 1.55. The van der Waals surface area contributed by atoms with Crippen LogP contribution < -0.4 is 0 Å². The molecule has 2 heterocycles. The van der Waals surface area contributed by atoms with E-state index in [0.717, 1.165) is 25.9 Å². The number of halogens is 1. The third-order valence-corrected chi connectivity index (χ3v) is 4.76. The van der Waals surface area contributed by atoms with E-state index < -0.39 is 0 Å². The zero-order valence-electron chi connectivity index (χ0n) is 7.54. The van der Waals surface area contributed by atoms with Crippen molar-refractivity contribution in [2.75, 3.05) is 18.8 Å². The first-order valence-corrected chi connectivity index (χ1v) is 6.78. The van der Waals surface area contributed by atoms with Gasteiger partial charge in [-0.25, -0.2) is 0 Å². The topological polar surface area (TPSA) is 20.3 Å². The lowest BCUT2D eigenvalue weighted by Gasteiger charge is -2.19. The van der Waals surface area contributed by atoms with Crippen LogP contribution >= 0.6 is 27.7 Å². The Bertz CT molecular complexity index is 206. The van der Waals surface area contributed by atoms with Gasteiger partial charge in [0.05, 0.1) is 5.25 Å². The summed E-state index contributed by atoms with van der Waals surface area (Å²) in [6, 6.07) is 0. The number of hydrogen-bond donors (Lipinski definition) is 0. The SMILES string of the molecule is O=C(C1CCCS1)N1CCC(Br)C1. The van der Waals surface area contributed by atoms with Gasteiger partial charge in [0, 0.05) is 17.9 Å². The Labute approximate surface area is 91.6 Å². The van der Waals surface area contributed by atoms with Crippen LogP contribution in [0.15, 0.2) is 0 Å². The van der Waals surface area contributed by atoms with Gasteiger partial charge >= 0.3 is 0 Å². The van der Waals surface area contributed by atoms with Crippen molar-refractivity contribution in [3.8, 4) is 0 Å². The number of likely N-dealkylation sites (tertiary alicyclic amines) is 1. The summed E-state index contributed by atoms with van der Waals surface area (Å²) in [6.45, 7) is 1.86. The molecule has 0 bridgehead atoms. The van der Waals surface area contributed by atoms with E-state index in [4.69, 9.17) is 0 Å². The molecule has 0 aromatic heterocycles. The molecule has 0 aliphatic carbocycles. The summed E-state index contributed by atoms with van der Waals surface area (Å²) in [6.07, 6.45) is 3.42. The third-order valence-electron chi connectivity index (χ3n) is 2.65. The Hall–Kier alpha value is 0.300. The monoisotopic (exact) mass is 263 g/mol. The normalized spacial score (nSPS) is 34.1. The first kappa shape index (κ1) is 9.84. The summed E-state index contributed by atoms with van der Waals surface area (Å²) >= 11 is 5.39. The van der Waals surface area contributed by atoms with E-state index in [0.29, 0.717) is 10.7 Å². The van der Waals surface area contributed by atoms with Crippen molar-refractivity contribution in [2.45, 2.75) is 29.3 Å². The number of rotatable bonds is 1. The third kappa shape index (κ3) is 2.21. The molecule has 2 atom stereocenters. The van der Waals surface area contributed by atoms with Crippen molar-refractivity contribution in [1.82, 2.24) is 4.90 Å². The van der Waals surface area contributed by atoms with Crippen molar-refractivity contribution in [3.63, 3.8) is 0 Å². The first-order valence-electron chi connectivity index (χ1n) is 4.82. The fourth-order valence-electron chi connectivity index (χ4n) is 1.89. The van der Waals surface area contributed by atoms with Gasteiger partial charge in [0.2, 0.25) is 5.91 Å². The standard InChI is InChI=1S/C9H14BrNOS/c10-7-3-4-11(6-7)9(12)8-2-1-5-13-8/h7-8H,1-6H2. The van der Waals surface area contributed by atoms with Crippen molar-refractivity contribution < 1.29 is 4.79 Å². The van der Waals surface area contributed by atoms with E-state index in [2.05, 4.69) is 15.9 Å². The summed E-state index contributed by atoms with van der Waals surface area (Å²) in [7, 11) is 0. The predicted molar refractivity (Wildman–Crippen MR) is 59.4 cm³/mol. The summed E-state index contributed by atoms with van der Waals surface area (Å²) in [5.41, 5.74) is 0. The number of amides is 1. The average molecular weight is 264 g/mol. The quantitative estimate of drug-likeness (QED) is 0.674. The minimum absolute atomic E-state index is 0.276. The van der Waals surface area contributed by atoms with Crippen LogP contribution in [0.3, 0.4) is 0 Å². The van der Waals surface area contributed by atoms with Gasteiger partial charge in [-0.3, -0.25) is 4.79 Å². The summed E-state index contributed by atoms with van der Waals surface area (Å²) in [4.78, 5) is 14.4. The Morgan fingerprint density at radius 3 is 2.85 bits per heavy atom. The lowest BCUT2D eigenvalue weighted by molar-refractivity contribution is -0.129. The molecule has 4 heteroatoms. The Morgan fingerprint density at radius 2 is 2.31 bits per heavy atom. The highest BCUT2D eigenvalue weighted by molar-refractivity contribution is 9.09. The molecule has 2 saturated heterocycles. The number of carbonyl (C=O) groups excluding carboxylic acids is 1. The predicted octanol–water partition coefficient (Wildman–Crippen LogP) is 1.88. The Kier molecular flexibility index (Phi) is 3.19. The molecule has 0 saturated carbocycles. The van der Waals surface area contributed by atoms with Gasteiger partial charge in [-0.2, -0.15) is 0 Å². The molecule has 2 fully saturated rings. The van der Waals surface area contributed by atoms with Crippen LogP contribution in [0, 0.1) is 0 Å². The van der Waals surface area contributed by atoms with Gasteiger partial charge in [-0.15, -0.1) is 11.8 Å². The molecule has 0 aromatic carbocycles. The minimum Gasteiger partial charge on any atom is -0.341 e. The van der Waals surface area contributed by atoms with Crippen LogP contribution in [0.5, 0.6) is 0 Å².